The van der Waals surface area contributed by atoms with Gasteiger partial charge in [-0.1, -0.05) is 13.3 Å². The predicted molar refractivity (Wildman–Crippen MR) is 28.0 cm³/mol. The number of carboxylic acid groups (broad SMARTS) is 1. The predicted octanol–water partition coefficient (Wildman–Crippen LogP) is 1.19. The van der Waals surface area contributed by atoms with Gasteiger partial charge in [0.05, 0.1) is 0 Å². The van der Waals surface area contributed by atoms with Crippen LogP contribution in [0.25, 0.3) is 0 Å². The van der Waals surface area contributed by atoms with Gasteiger partial charge < -0.3 is 5.11 Å². The highest BCUT2D eigenvalue weighted by Gasteiger charge is 1.90. The highest BCUT2D eigenvalue weighted by Crippen LogP contribution is 1.90. The molecule has 0 aromatic rings. The van der Waals surface area contributed by atoms with Crippen LogP contribution in [0.3, 0.4) is 0 Å². The lowest BCUT2D eigenvalue weighted by Crippen LogP contribution is -1.91. The van der Waals surface area contributed by atoms with E-state index in [-0.39, 0.29) is 7.85 Å². The fraction of sp³-hybridized carbons (Fsp3) is 0.600. The van der Waals surface area contributed by atoms with Crippen molar-refractivity contribution in [2.45, 2.75) is 19.3 Å². The molecule has 0 fully saturated rings. The van der Waals surface area contributed by atoms with Gasteiger partial charge in [-0.3, -0.25) is 4.79 Å². The van der Waals surface area contributed by atoms with E-state index < -0.39 is 5.97 Å². The molecule has 0 amide bonds. The molecule has 0 aromatic heterocycles. The van der Waals surface area contributed by atoms with Crippen molar-refractivity contribution in [3.63, 3.8) is 0 Å². The fourth-order valence-electron chi connectivity index (χ4n) is 0.276. The quantitative estimate of drug-likeness (QED) is 0.581. The molecular formula is C5H10O2+. The number of hydrogen-bond donors (Lipinski definition) is 1. The maximum absolute atomic E-state index is 9.73. The molecule has 2 nitrogen and oxygen atoms in total. The number of aliphatic carboxylic acids is 1. The van der Waals surface area contributed by atoms with E-state index in [0.29, 0.717) is 12.8 Å². The molecule has 0 aromatic carbocycles. The molecule has 0 rings (SSSR count). The van der Waals surface area contributed by atoms with E-state index in [0.717, 1.165) is 0 Å². The Morgan fingerprint density at radius 1 is 1.86 bits per heavy atom. The van der Waals surface area contributed by atoms with Crippen molar-refractivity contribution in [3.05, 3.63) is 6.92 Å². The molecule has 0 saturated heterocycles. The van der Waals surface area contributed by atoms with Gasteiger partial charge in [0.15, 0.2) is 0 Å². The first kappa shape index (κ1) is 6.47. The van der Waals surface area contributed by atoms with Gasteiger partial charge in [-0.25, -0.2) is 0 Å². The zero-order valence-electron chi connectivity index (χ0n) is 5.18. The lowest BCUT2D eigenvalue weighted by Gasteiger charge is -1.85. The summed E-state index contributed by atoms with van der Waals surface area (Å²) in [6.45, 7) is 3.49. The molecule has 0 atom stereocenters. The van der Waals surface area contributed by atoms with Crippen molar-refractivity contribution in [3.8, 4) is 0 Å². The van der Waals surface area contributed by atoms with Gasteiger partial charge in [-0.15, -0.1) is 0 Å². The molecule has 0 aliphatic rings. The Bertz CT molecular complexity index is 63.4. The van der Waals surface area contributed by atoms with Crippen LogP contribution >= 0.6 is 0 Å². The minimum Gasteiger partial charge on any atom is -0.481 e. The van der Waals surface area contributed by atoms with E-state index >= 15 is 0 Å². The molecule has 0 aliphatic carbocycles. The SMILES string of the molecule is [CH2]CCCC(=O)O.[H+]. The molecule has 0 bridgehead atoms. The summed E-state index contributed by atoms with van der Waals surface area (Å²) in [6.07, 6.45) is 1.66. The van der Waals surface area contributed by atoms with Crippen LogP contribution in [-0.4, -0.2) is 11.1 Å². The molecule has 1 N–H and O–H groups in total. The van der Waals surface area contributed by atoms with Gasteiger partial charge in [0.25, 0.3) is 0 Å². The topological polar surface area (TPSA) is 37.3 Å². The number of rotatable bonds is 3. The highest BCUT2D eigenvalue weighted by atomic mass is 16.4. The zero-order valence-corrected chi connectivity index (χ0v) is 4.18. The van der Waals surface area contributed by atoms with Gasteiger partial charge in [-0.05, 0) is 6.42 Å². The first-order valence-corrected chi connectivity index (χ1v) is 2.28. The second-order valence-corrected chi connectivity index (χ2v) is 1.35. The third-order valence-electron chi connectivity index (χ3n) is 0.641. The van der Waals surface area contributed by atoms with Crippen molar-refractivity contribution in [2.24, 2.45) is 0 Å². The molecule has 1 radical (unpaired) electrons. The third-order valence-corrected chi connectivity index (χ3v) is 0.641. The molecule has 0 spiro atoms. The molecule has 0 saturated carbocycles. The first-order chi connectivity index (χ1) is 3.27. The zero-order chi connectivity index (χ0) is 5.70. The van der Waals surface area contributed by atoms with Crippen LogP contribution < -0.4 is 0 Å². The van der Waals surface area contributed by atoms with Crippen molar-refractivity contribution in [2.75, 3.05) is 0 Å². The second-order valence-electron chi connectivity index (χ2n) is 1.35. The lowest BCUT2D eigenvalue weighted by molar-refractivity contribution is -0.137. The van der Waals surface area contributed by atoms with Gasteiger partial charge in [0.1, 0.15) is 0 Å². The van der Waals surface area contributed by atoms with E-state index in [2.05, 4.69) is 6.92 Å². The van der Waals surface area contributed by atoms with E-state index in [1.54, 1.807) is 0 Å². The van der Waals surface area contributed by atoms with Crippen LogP contribution in [0.2, 0.25) is 0 Å². The van der Waals surface area contributed by atoms with Gasteiger partial charge in [0.2, 0.25) is 0 Å². The van der Waals surface area contributed by atoms with Crippen molar-refractivity contribution in [1.82, 2.24) is 0 Å². The summed E-state index contributed by atoms with van der Waals surface area (Å²) in [5, 5.41) is 8.02. The van der Waals surface area contributed by atoms with Gasteiger partial charge in [-0.2, -0.15) is 0 Å². The van der Waals surface area contributed by atoms with Crippen LogP contribution in [0.4, 0.5) is 0 Å². The number of unbranched alkanes of at least 4 members (excludes halogenated alkanes) is 1. The Morgan fingerprint density at radius 3 is 2.57 bits per heavy atom. The largest absolute Gasteiger partial charge is 1.00 e. The smallest absolute Gasteiger partial charge is 0.481 e. The molecular weight excluding hydrogens is 92.1 g/mol. The minimum atomic E-state index is -0.733. The summed E-state index contributed by atoms with van der Waals surface area (Å²) in [7, 11) is 0. The van der Waals surface area contributed by atoms with Crippen LogP contribution in [0.15, 0.2) is 0 Å². The van der Waals surface area contributed by atoms with E-state index in [4.69, 9.17) is 5.11 Å². The molecule has 0 heterocycles. The number of carbonyl (C=O) groups is 1. The Hall–Kier alpha value is -0.530. The third kappa shape index (κ3) is 5.47. The Morgan fingerprint density at radius 2 is 2.43 bits per heavy atom. The second kappa shape index (κ2) is 3.65. The summed E-state index contributed by atoms with van der Waals surface area (Å²) in [4.78, 5) is 9.73. The summed E-state index contributed by atoms with van der Waals surface area (Å²) in [6, 6.07) is 0. The fourth-order valence-corrected chi connectivity index (χ4v) is 0.276. The van der Waals surface area contributed by atoms with Crippen LogP contribution in [-0.2, 0) is 4.79 Å². The lowest BCUT2D eigenvalue weighted by atomic mass is 10.3. The van der Waals surface area contributed by atoms with E-state index in [1.165, 1.54) is 0 Å². The summed E-state index contributed by atoms with van der Waals surface area (Å²) < 4.78 is 0. The van der Waals surface area contributed by atoms with Gasteiger partial charge >= 0.3 is 7.40 Å². The maximum Gasteiger partial charge on any atom is 1.00 e. The van der Waals surface area contributed by atoms with Crippen LogP contribution in [0.5, 0.6) is 0 Å². The average molecular weight is 102 g/mol. The van der Waals surface area contributed by atoms with Crippen molar-refractivity contribution >= 4 is 5.97 Å². The number of carboxylic acids is 1. The molecule has 2 heteroatoms. The maximum atomic E-state index is 9.73. The van der Waals surface area contributed by atoms with Crippen molar-refractivity contribution < 1.29 is 11.3 Å². The van der Waals surface area contributed by atoms with Crippen LogP contribution in [0.1, 0.15) is 20.7 Å². The normalized spacial score (nSPS) is 8.71. The van der Waals surface area contributed by atoms with Gasteiger partial charge in [0, 0.05) is 6.42 Å². The summed E-state index contributed by atoms with van der Waals surface area (Å²) in [5.41, 5.74) is 0. The molecule has 41 valence electrons. The van der Waals surface area contributed by atoms with E-state index in [9.17, 15) is 4.79 Å². The minimum absolute atomic E-state index is 0. The van der Waals surface area contributed by atoms with E-state index in [1.807, 2.05) is 0 Å². The summed E-state index contributed by atoms with van der Waals surface area (Å²) in [5.74, 6) is -0.733. The average Bonchev–Trinajstić information content (AvgIpc) is 1.61. The van der Waals surface area contributed by atoms with Crippen molar-refractivity contribution in [1.29, 1.82) is 0 Å². The number of hydrogen-bond acceptors (Lipinski definition) is 1. The first-order valence-electron chi connectivity index (χ1n) is 2.28. The Kier molecular flexibility index (Phi) is 3.38. The summed E-state index contributed by atoms with van der Waals surface area (Å²) >= 11 is 0. The Balaban J connectivity index is 0. The molecule has 7 heavy (non-hydrogen) atoms. The molecule has 0 aliphatic heterocycles. The monoisotopic (exact) mass is 102 g/mol. The standard InChI is InChI=1S/C5H9O2/c1-2-3-4-5(6)7/h1-4H2,(H,6,7)/p+1. The highest BCUT2D eigenvalue weighted by molar-refractivity contribution is 5.66. The van der Waals surface area contributed by atoms with Crippen LogP contribution in [0, 0.1) is 6.92 Å². The molecule has 0 unspecified atom stereocenters. The Labute approximate surface area is 44.6 Å².